The minimum atomic E-state index is -4.04. The van der Waals surface area contributed by atoms with Crippen molar-refractivity contribution in [2.24, 2.45) is 5.14 Å². The third-order valence-electron chi connectivity index (χ3n) is 5.67. The van der Waals surface area contributed by atoms with E-state index in [-0.39, 0.29) is 17.2 Å². The predicted molar refractivity (Wildman–Crippen MR) is 128 cm³/mol. The van der Waals surface area contributed by atoms with Gasteiger partial charge in [0.2, 0.25) is 15.9 Å². The molecule has 8 nitrogen and oxygen atoms in total. The summed E-state index contributed by atoms with van der Waals surface area (Å²) in [5.74, 6) is -0.314. The number of carbonyl (C=O) groups is 1. The van der Waals surface area contributed by atoms with E-state index < -0.39 is 10.0 Å². The Hall–Kier alpha value is -2.72. The van der Waals surface area contributed by atoms with Gasteiger partial charge in [-0.1, -0.05) is 35.9 Å². The molecule has 0 radical (unpaired) electrons. The van der Waals surface area contributed by atoms with Gasteiger partial charge < -0.3 is 10.2 Å². The molecule has 3 N–H and O–H groups in total. The maximum absolute atomic E-state index is 12.5. The predicted octanol–water partition coefficient (Wildman–Crippen LogP) is 3.13. The molecule has 3 aromatic rings. The molecule has 0 unspecified atom stereocenters. The zero-order chi connectivity index (χ0) is 23.4. The summed E-state index contributed by atoms with van der Waals surface area (Å²) in [6.45, 7) is 3.83. The summed E-state index contributed by atoms with van der Waals surface area (Å²) in [6.07, 6.45) is 5.96. The average molecular weight is 488 g/mol. The molecule has 2 aromatic carbocycles. The van der Waals surface area contributed by atoms with Crippen molar-refractivity contribution in [3.8, 4) is 11.1 Å². The maximum atomic E-state index is 12.5. The van der Waals surface area contributed by atoms with Crippen LogP contribution in [0.2, 0.25) is 5.02 Å². The number of carbonyl (C=O) groups excluding carboxylic acids is 1. The lowest BCUT2D eigenvalue weighted by Gasteiger charge is -2.14. The van der Waals surface area contributed by atoms with Crippen molar-refractivity contribution < 1.29 is 13.2 Å². The minimum Gasteiger partial charge on any atom is -0.326 e. The molecular weight excluding hydrogens is 462 g/mol. The fourth-order valence-corrected chi connectivity index (χ4v) is 4.96. The monoisotopic (exact) mass is 487 g/mol. The first-order chi connectivity index (χ1) is 15.8. The number of aromatic nitrogens is 2. The summed E-state index contributed by atoms with van der Waals surface area (Å²) in [7, 11) is -4.04. The SMILES string of the molecule is NS(=O)(=O)c1cc(NC(=O)Cc2ccccc2Cl)ccc1-c1cnn(CCN2CCCC2)c1. The quantitative estimate of drug-likeness (QED) is 0.507. The summed E-state index contributed by atoms with van der Waals surface area (Å²) in [6, 6.07) is 11.7. The van der Waals surface area contributed by atoms with Gasteiger partial charge in [0.05, 0.1) is 24.1 Å². The van der Waals surface area contributed by atoms with Crippen LogP contribution < -0.4 is 10.5 Å². The molecule has 0 atom stereocenters. The molecule has 1 fully saturated rings. The van der Waals surface area contributed by atoms with Gasteiger partial charge in [-0.25, -0.2) is 13.6 Å². The van der Waals surface area contributed by atoms with Gasteiger partial charge in [-0.3, -0.25) is 9.48 Å². The average Bonchev–Trinajstić information content (AvgIpc) is 3.45. The Bertz CT molecular complexity index is 1250. The Balaban J connectivity index is 1.51. The first-order valence-corrected chi connectivity index (χ1v) is 12.7. The number of rotatable bonds is 8. The van der Waals surface area contributed by atoms with E-state index >= 15 is 0 Å². The number of halogens is 1. The second kappa shape index (κ2) is 10.0. The zero-order valence-corrected chi connectivity index (χ0v) is 19.6. The largest absolute Gasteiger partial charge is 0.326 e. The lowest BCUT2D eigenvalue weighted by molar-refractivity contribution is -0.115. The van der Waals surface area contributed by atoms with E-state index in [2.05, 4.69) is 15.3 Å². The van der Waals surface area contributed by atoms with E-state index in [4.69, 9.17) is 16.7 Å². The number of hydrogen-bond donors (Lipinski definition) is 2. The van der Waals surface area contributed by atoms with E-state index in [1.54, 1.807) is 47.3 Å². The highest BCUT2D eigenvalue weighted by Gasteiger charge is 2.19. The van der Waals surface area contributed by atoms with Crippen molar-refractivity contribution in [3.63, 3.8) is 0 Å². The Kier molecular flexibility index (Phi) is 7.14. The number of nitrogens with two attached hydrogens (primary N) is 1. The first-order valence-electron chi connectivity index (χ1n) is 10.7. The van der Waals surface area contributed by atoms with Crippen molar-refractivity contribution in [2.75, 3.05) is 25.0 Å². The molecule has 1 saturated heterocycles. The van der Waals surface area contributed by atoms with E-state index in [0.717, 1.165) is 26.2 Å². The van der Waals surface area contributed by atoms with Gasteiger partial charge >= 0.3 is 0 Å². The van der Waals surface area contributed by atoms with Crippen LogP contribution in [0.15, 0.2) is 59.8 Å². The number of sulfonamides is 1. The molecule has 1 aromatic heterocycles. The standard InChI is InChI=1S/C23H26ClN5O3S/c24-21-6-2-1-5-17(21)13-23(30)27-19-7-8-20(22(14-19)33(25,31)32)18-15-26-29(16-18)12-11-28-9-3-4-10-28/h1-2,5-8,14-16H,3-4,9-13H2,(H,27,30)(H2,25,31,32). The lowest BCUT2D eigenvalue weighted by Crippen LogP contribution is -2.24. The Morgan fingerprint density at radius 3 is 2.61 bits per heavy atom. The van der Waals surface area contributed by atoms with Gasteiger partial charge in [0.1, 0.15) is 0 Å². The molecule has 2 heterocycles. The van der Waals surface area contributed by atoms with Crippen LogP contribution in [0, 0.1) is 0 Å². The molecule has 1 aliphatic heterocycles. The third kappa shape index (κ3) is 6.00. The summed E-state index contributed by atoms with van der Waals surface area (Å²) >= 11 is 6.12. The van der Waals surface area contributed by atoms with Crippen molar-refractivity contribution >= 4 is 33.2 Å². The Morgan fingerprint density at radius 2 is 1.88 bits per heavy atom. The number of likely N-dealkylation sites (tertiary alicyclic amines) is 1. The van der Waals surface area contributed by atoms with E-state index in [1.807, 2.05) is 6.20 Å². The van der Waals surface area contributed by atoms with Crippen molar-refractivity contribution in [2.45, 2.75) is 30.7 Å². The molecule has 1 amide bonds. The van der Waals surface area contributed by atoms with Crippen LogP contribution in [-0.4, -0.2) is 48.6 Å². The first kappa shape index (κ1) is 23.4. The number of hydrogen-bond acceptors (Lipinski definition) is 5. The van der Waals surface area contributed by atoms with Crippen molar-refractivity contribution in [1.29, 1.82) is 0 Å². The molecule has 174 valence electrons. The second-order valence-electron chi connectivity index (χ2n) is 8.11. The molecule has 0 bridgehead atoms. The molecule has 0 spiro atoms. The molecule has 1 aliphatic rings. The van der Waals surface area contributed by atoms with Gasteiger partial charge in [-0.05, 0) is 49.7 Å². The van der Waals surface area contributed by atoms with Gasteiger partial charge in [0, 0.05) is 34.6 Å². The highest BCUT2D eigenvalue weighted by atomic mass is 35.5. The maximum Gasteiger partial charge on any atom is 0.238 e. The third-order valence-corrected chi connectivity index (χ3v) is 6.99. The van der Waals surface area contributed by atoms with E-state index in [0.29, 0.717) is 27.4 Å². The highest BCUT2D eigenvalue weighted by Crippen LogP contribution is 2.29. The lowest BCUT2D eigenvalue weighted by atomic mass is 10.1. The fraction of sp³-hybridized carbons (Fsp3) is 0.304. The van der Waals surface area contributed by atoms with Crippen LogP contribution in [0.5, 0.6) is 0 Å². The van der Waals surface area contributed by atoms with Gasteiger partial charge in [0.15, 0.2) is 0 Å². The summed E-state index contributed by atoms with van der Waals surface area (Å²) in [5, 5.41) is 13.1. The zero-order valence-electron chi connectivity index (χ0n) is 18.1. The normalized spacial score (nSPS) is 14.5. The van der Waals surface area contributed by atoms with E-state index in [1.165, 1.54) is 18.9 Å². The van der Waals surface area contributed by atoms with Crippen LogP contribution in [0.3, 0.4) is 0 Å². The second-order valence-corrected chi connectivity index (χ2v) is 10.1. The van der Waals surface area contributed by atoms with Crippen LogP contribution in [0.4, 0.5) is 5.69 Å². The van der Waals surface area contributed by atoms with Crippen LogP contribution in [0.1, 0.15) is 18.4 Å². The van der Waals surface area contributed by atoms with Gasteiger partial charge in [-0.15, -0.1) is 0 Å². The number of anilines is 1. The van der Waals surface area contributed by atoms with Crippen LogP contribution in [0.25, 0.3) is 11.1 Å². The molecular formula is C23H26ClN5O3S. The number of amides is 1. The fourth-order valence-electron chi connectivity index (χ4n) is 3.97. The summed E-state index contributed by atoms with van der Waals surface area (Å²) < 4.78 is 26.4. The number of benzene rings is 2. The Labute approximate surface area is 198 Å². The topological polar surface area (TPSA) is 110 Å². The molecule has 4 rings (SSSR count). The molecule has 10 heteroatoms. The molecule has 0 saturated carbocycles. The molecule has 33 heavy (non-hydrogen) atoms. The highest BCUT2D eigenvalue weighted by molar-refractivity contribution is 7.89. The number of primary sulfonamides is 1. The van der Waals surface area contributed by atoms with E-state index in [9.17, 15) is 13.2 Å². The summed E-state index contributed by atoms with van der Waals surface area (Å²) in [5.41, 5.74) is 2.10. The van der Waals surface area contributed by atoms with Crippen molar-refractivity contribution in [1.82, 2.24) is 14.7 Å². The number of nitrogens with zero attached hydrogens (tertiary/aromatic N) is 3. The van der Waals surface area contributed by atoms with Crippen molar-refractivity contribution in [3.05, 3.63) is 65.4 Å². The van der Waals surface area contributed by atoms with Gasteiger partial charge in [0.25, 0.3) is 0 Å². The summed E-state index contributed by atoms with van der Waals surface area (Å²) in [4.78, 5) is 14.8. The number of nitrogens with one attached hydrogen (secondary N) is 1. The Morgan fingerprint density at radius 1 is 1.12 bits per heavy atom. The minimum absolute atomic E-state index is 0.0654. The van der Waals surface area contributed by atoms with Gasteiger partial charge in [-0.2, -0.15) is 5.10 Å². The molecule has 0 aliphatic carbocycles. The smallest absolute Gasteiger partial charge is 0.238 e. The van der Waals surface area contributed by atoms with Crippen LogP contribution >= 0.6 is 11.6 Å². The van der Waals surface area contributed by atoms with Crippen LogP contribution in [-0.2, 0) is 27.8 Å².